The van der Waals surface area contributed by atoms with E-state index in [1.807, 2.05) is 13.0 Å². The molecule has 5 nitrogen and oxygen atoms in total. The molecule has 1 aromatic carbocycles. The molecule has 0 spiro atoms. The number of fused-ring (bicyclic) bond motifs is 1. The smallest absolute Gasteiger partial charge is 0.233 e. The van der Waals surface area contributed by atoms with Gasteiger partial charge in [-0.05, 0) is 45.1 Å². The molecule has 1 aromatic heterocycles. The van der Waals surface area contributed by atoms with Crippen LogP contribution in [0.3, 0.4) is 0 Å². The van der Waals surface area contributed by atoms with Gasteiger partial charge in [0.15, 0.2) is 5.16 Å². The van der Waals surface area contributed by atoms with E-state index >= 15 is 0 Å². The predicted octanol–water partition coefficient (Wildman–Crippen LogP) is 3.62. The summed E-state index contributed by atoms with van der Waals surface area (Å²) in [6.07, 6.45) is 6.48. The molecule has 0 bridgehead atoms. The summed E-state index contributed by atoms with van der Waals surface area (Å²) in [5, 5.41) is 12.5. The highest BCUT2D eigenvalue weighted by atomic mass is 32.2. The number of rotatable bonds is 7. The third kappa shape index (κ3) is 5.10. The minimum Gasteiger partial charge on any atom is -0.353 e. The topological polar surface area (TPSA) is 59.8 Å². The fraction of sp³-hybridized carbons (Fsp3) is 0.550. The number of carbonyl (C=O) groups excluding carboxylic acids is 1. The summed E-state index contributed by atoms with van der Waals surface area (Å²) in [6.45, 7) is 4.98. The number of nitrogens with zero attached hydrogens (tertiary/aromatic N) is 3. The van der Waals surface area contributed by atoms with Crippen molar-refractivity contribution in [1.29, 1.82) is 0 Å². The number of thioether (sulfide) groups is 1. The Morgan fingerprint density at radius 1 is 1.19 bits per heavy atom. The van der Waals surface area contributed by atoms with Crippen molar-refractivity contribution in [2.24, 2.45) is 0 Å². The Balaban J connectivity index is 1.49. The molecule has 1 aliphatic heterocycles. The van der Waals surface area contributed by atoms with Gasteiger partial charge in [-0.15, -0.1) is 10.2 Å². The first-order valence-electron chi connectivity index (χ1n) is 9.56. The molecule has 6 heteroatoms. The van der Waals surface area contributed by atoms with Crippen LogP contribution in [0.15, 0.2) is 35.5 Å². The van der Waals surface area contributed by atoms with Gasteiger partial charge in [-0.1, -0.05) is 48.5 Å². The predicted molar refractivity (Wildman–Crippen MR) is 105 cm³/mol. The third-order valence-electron chi connectivity index (χ3n) is 4.82. The Kier molecular flexibility index (Phi) is 6.72. The van der Waals surface area contributed by atoms with Crippen LogP contribution in [0.5, 0.6) is 0 Å². The Labute approximate surface area is 160 Å². The quantitative estimate of drug-likeness (QED) is 0.754. The lowest BCUT2D eigenvalue weighted by Crippen LogP contribution is -2.38. The van der Waals surface area contributed by atoms with E-state index in [-0.39, 0.29) is 17.2 Å². The van der Waals surface area contributed by atoms with E-state index in [9.17, 15) is 4.79 Å². The summed E-state index contributed by atoms with van der Waals surface area (Å²) in [5.41, 5.74) is 1.31. The standard InChI is InChI=1S/C20H28N4OS/c1-15(12-13-17-9-5-3-6-10-17)21-19(25)16(2)26-20-23-22-18-11-7-4-8-14-24(18)20/h3,5-6,9-10,15-16H,4,7-8,11-14H2,1-2H3,(H,21,25)/t15-,16-/m0/s1. The maximum Gasteiger partial charge on any atom is 0.233 e. The molecule has 0 fully saturated rings. The van der Waals surface area contributed by atoms with Crippen molar-refractivity contribution < 1.29 is 4.79 Å². The zero-order valence-electron chi connectivity index (χ0n) is 15.6. The van der Waals surface area contributed by atoms with Crippen molar-refractivity contribution in [3.05, 3.63) is 41.7 Å². The molecule has 2 atom stereocenters. The van der Waals surface area contributed by atoms with Crippen molar-refractivity contribution in [1.82, 2.24) is 20.1 Å². The number of carbonyl (C=O) groups is 1. The van der Waals surface area contributed by atoms with Gasteiger partial charge in [0.05, 0.1) is 5.25 Å². The highest BCUT2D eigenvalue weighted by molar-refractivity contribution is 8.00. The fourth-order valence-electron chi connectivity index (χ4n) is 3.22. The molecule has 2 aromatic rings. The monoisotopic (exact) mass is 372 g/mol. The zero-order valence-corrected chi connectivity index (χ0v) is 16.5. The Hall–Kier alpha value is -1.82. The lowest BCUT2D eigenvalue weighted by molar-refractivity contribution is -0.120. The van der Waals surface area contributed by atoms with E-state index in [4.69, 9.17) is 0 Å². The van der Waals surface area contributed by atoms with Gasteiger partial charge in [0, 0.05) is 19.0 Å². The molecular formula is C20H28N4OS. The minimum atomic E-state index is -0.175. The summed E-state index contributed by atoms with van der Waals surface area (Å²) < 4.78 is 2.19. The van der Waals surface area contributed by atoms with Crippen LogP contribution >= 0.6 is 11.8 Å². The van der Waals surface area contributed by atoms with E-state index in [2.05, 4.69) is 51.3 Å². The van der Waals surface area contributed by atoms with Crippen molar-refractivity contribution in [3.63, 3.8) is 0 Å². The number of aryl methyl sites for hydroxylation is 2. The van der Waals surface area contributed by atoms with Crippen LogP contribution in [-0.4, -0.2) is 32.0 Å². The highest BCUT2D eigenvalue weighted by Gasteiger charge is 2.21. The summed E-state index contributed by atoms with van der Waals surface area (Å²) in [7, 11) is 0. The number of amides is 1. The second kappa shape index (κ2) is 9.21. The number of hydrogen-bond donors (Lipinski definition) is 1. The van der Waals surface area contributed by atoms with Crippen LogP contribution < -0.4 is 5.32 Å². The average Bonchev–Trinajstić information content (AvgIpc) is 2.87. The summed E-state index contributed by atoms with van der Waals surface area (Å²) in [6, 6.07) is 10.5. The normalized spacial score (nSPS) is 16.4. The van der Waals surface area contributed by atoms with Crippen molar-refractivity contribution >= 4 is 17.7 Å². The van der Waals surface area contributed by atoms with Crippen LogP contribution in [0.2, 0.25) is 0 Å². The van der Waals surface area contributed by atoms with E-state index in [0.29, 0.717) is 0 Å². The molecular weight excluding hydrogens is 344 g/mol. The van der Waals surface area contributed by atoms with Gasteiger partial charge in [0.2, 0.25) is 5.91 Å². The lowest BCUT2D eigenvalue weighted by Gasteiger charge is -2.17. The summed E-state index contributed by atoms with van der Waals surface area (Å²) in [5.74, 6) is 1.13. The maximum atomic E-state index is 12.5. The van der Waals surface area contributed by atoms with E-state index in [1.165, 1.54) is 30.2 Å². The van der Waals surface area contributed by atoms with Gasteiger partial charge in [0.25, 0.3) is 0 Å². The number of hydrogen-bond acceptors (Lipinski definition) is 4. The molecule has 0 saturated carbocycles. The Morgan fingerprint density at radius 3 is 2.81 bits per heavy atom. The molecule has 1 amide bonds. The first-order chi connectivity index (χ1) is 12.6. The van der Waals surface area contributed by atoms with Crippen LogP contribution in [0.1, 0.15) is 50.9 Å². The highest BCUT2D eigenvalue weighted by Crippen LogP contribution is 2.25. The van der Waals surface area contributed by atoms with Gasteiger partial charge < -0.3 is 9.88 Å². The third-order valence-corrected chi connectivity index (χ3v) is 5.90. The van der Waals surface area contributed by atoms with Crippen LogP contribution in [0.25, 0.3) is 0 Å². The molecule has 0 aliphatic carbocycles. The van der Waals surface area contributed by atoms with E-state index in [1.54, 1.807) is 0 Å². The second-order valence-electron chi connectivity index (χ2n) is 7.06. The first-order valence-corrected chi connectivity index (χ1v) is 10.4. The molecule has 2 heterocycles. The van der Waals surface area contributed by atoms with Crippen molar-refractivity contribution in [2.75, 3.05) is 0 Å². The number of aromatic nitrogens is 3. The molecule has 140 valence electrons. The van der Waals surface area contributed by atoms with Crippen molar-refractivity contribution in [2.45, 2.75) is 75.4 Å². The first kappa shape index (κ1) is 19.0. The fourth-order valence-corrected chi connectivity index (χ4v) is 4.12. The van der Waals surface area contributed by atoms with Gasteiger partial charge >= 0.3 is 0 Å². The Bertz CT molecular complexity index is 716. The van der Waals surface area contributed by atoms with Gasteiger partial charge in [0.1, 0.15) is 5.82 Å². The second-order valence-corrected chi connectivity index (χ2v) is 8.36. The molecule has 0 saturated heterocycles. The largest absolute Gasteiger partial charge is 0.353 e. The average molecular weight is 373 g/mol. The van der Waals surface area contributed by atoms with Gasteiger partial charge in [-0.3, -0.25) is 4.79 Å². The summed E-state index contributed by atoms with van der Waals surface area (Å²) >= 11 is 1.52. The SMILES string of the molecule is C[C@H](Sc1nnc2n1CCCCC2)C(=O)N[C@@H](C)CCc1ccccc1. The number of nitrogens with one attached hydrogen (secondary N) is 1. The minimum absolute atomic E-state index is 0.0709. The molecule has 26 heavy (non-hydrogen) atoms. The number of benzene rings is 1. The molecule has 3 rings (SSSR count). The van der Waals surface area contributed by atoms with Crippen LogP contribution in [-0.2, 0) is 24.2 Å². The Morgan fingerprint density at radius 2 is 2.00 bits per heavy atom. The maximum absolute atomic E-state index is 12.5. The molecule has 0 unspecified atom stereocenters. The van der Waals surface area contributed by atoms with E-state index < -0.39 is 0 Å². The molecule has 0 radical (unpaired) electrons. The van der Waals surface area contributed by atoms with Crippen LogP contribution in [0, 0.1) is 0 Å². The van der Waals surface area contributed by atoms with Gasteiger partial charge in [-0.25, -0.2) is 0 Å². The lowest BCUT2D eigenvalue weighted by atomic mass is 10.1. The van der Waals surface area contributed by atoms with E-state index in [0.717, 1.165) is 43.2 Å². The zero-order chi connectivity index (χ0) is 18.4. The van der Waals surface area contributed by atoms with Crippen molar-refractivity contribution in [3.8, 4) is 0 Å². The van der Waals surface area contributed by atoms with Gasteiger partial charge in [-0.2, -0.15) is 0 Å². The molecule has 1 N–H and O–H groups in total. The summed E-state index contributed by atoms with van der Waals surface area (Å²) in [4.78, 5) is 12.5. The van der Waals surface area contributed by atoms with Crippen LogP contribution in [0.4, 0.5) is 0 Å². The molecule has 1 aliphatic rings.